The maximum Gasteiger partial charge on any atom is 0.330 e. The fourth-order valence-corrected chi connectivity index (χ4v) is 3.51. The predicted molar refractivity (Wildman–Crippen MR) is 117 cm³/mol. The maximum atomic E-state index is 12.1. The van der Waals surface area contributed by atoms with Crippen molar-refractivity contribution in [3.63, 3.8) is 0 Å². The monoisotopic (exact) mass is 417 g/mol. The number of nitrogens with zero attached hydrogens (tertiary/aromatic N) is 5. The first kappa shape index (κ1) is 20.5. The SMILES string of the molecule is CCOC(=O)C=Cc1c(-c2cc(C)on2)nc2c(cnn2CC)c1-c1cncc(C)c1. The third-order valence-corrected chi connectivity index (χ3v) is 4.83. The minimum Gasteiger partial charge on any atom is -0.463 e. The highest BCUT2D eigenvalue weighted by Gasteiger charge is 2.21. The number of carbonyl (C=O) groups is 1. The van der Waals surface area contributed by atoms with Gasteiger partial charge in [-0.1, -0.05) is 5.16 Å². The summed E-state index contributed by atoms with van der Waals surface area (Å²) in [4.78, 5) is 21.3. The van der Waals surface area contributed by atoms with Crippen molar-refractivity contribution in [2.45, 2.75) is 34.2 Å². The van der Waals surface area contributed by atoms with E-state index in [2.05, 4.69) is 15.2 Å². The molecule has 4 aromatic rings. The molecule has 4 aromatic heterocycles. The molecule has 0 saturated carbocycles. The summed E-state index contributed by atoms with van der Waals surface area (Å²) >= 11 is 0. The van der Waals surface area contributed by atoms with E-state index < -0.39 is 5.97 Å². The zero-order valence-electron chi connectivity index (χ0n) is 17.9. The van der Waals surface area contributed by atoms with Crippen molar-refractivity contribution < 1.29 is 14.1 Å². The Labute approximate surface area is 179 Å². The summed E-state index contributed by atoms with van der Waals surface area (Å²) in [6.07, 6.45) is 8.51. The van der Waals surface area contributed by atoms with Gasteiger partial charge in [-0.25, -0.2) is 14.5 Å². The van der Waals surface area contributed by atoms with E-state index in [-0.39, 0.29) is 0 Å². The molecule has 8 nitrogen and oxygen atoms in total. The molecule has 4 heterocycles. The summed E-state index contributed by atoms with van der Waals surface area (Å²) in [5.74, 6) is 0.238. The summed E-state index contributed by atoms with van der Waals surface area (Å²) in [5, 5.41) is 9.54. The molecule has 0 bridgehead atoms. The van der Waals surface area contributed by atoms with Crippen LogP contribution in [-0.4, -0.2) is 37.5 Å². The molecule has 0 aromatic carbocycles. The van der Waals surface area contributed by atoms with Gasteiger partial charge in [-0.3, -0.25) is 4.98 Å². The largest absolute Gasteiger partial charge is 0.463 e. The Kier molecular flexibility index (Phi) is 5.62. The Balaban J connectivity index is 2.08. The van der Waals surface area contributed by atoms with Gasteiger partial charge in [-0.15, -0.1) is 0 Å². The van der Waals surface area contributed by atoms with Crippen molar-refractivity contribution in [1.29, 1.82) is 0 Å². The second-order valence-electron chi connectivity index (χ2n) is 7.11. The average molecular weight is 417 g/mol. The van der Waals surface area contributed by atoms with Crippen LogP contribution < -0.4 is 0 Å². The Morgan fingerprint density at radius 2 is 2.03 bits per heavy atom. The molecule has 0 N–H and O–H groups in total. The van der Waals surface area contributed by atoms with Gasteiger partial charge in [-0.05, 0) is 45.4 Å². The van der Waals surface area contributed by atoms with Crippen LogP contribution in [0.2, 0.25) is 0 Å². The van der Waals surface area contributed by atoms with Gasteiger partial charge in [0.15, 0.2) is 5.65 Å². The number of hydrogen-bond acceptors (Lipinski definition) is 7. The van der Waals surface area contributed by atoms with Crippen LogP contribution in [0.3, 0.4) is 0 Å². The molecule has 0 fully saturated rings. The molecule has 31 heavy (non-hydrogen) atoms. The highest BCUT2D eigenvalue weighted by Crippen LogP contribution is 2.37. The molecule has 0 spiro atoms. The van der Waals surface area contributed by atoms with Crippen LogP contribution in [0.25, 0.3) is 39.6 Å². The quantitative estimate of drug-likeness (QED) is 0.340. The second kappa shape index (κ2) is 8.51. The molecule has 0 unspecified atom stereocenters. The minimum absolute atomic E-state index is 0.299. The van der Waals surface area contributed by atoms with E-state index in [1.54, 1.807) is 31.6 Å². The molecule has 0 aliphatic rings. The van der Waals surface area contributed by atoms with E-state index in [1.807, 2.05) is 37.6 Å². The summed E-state index contributed by atoms with van der Waals surface area (Å²) < 4.78 is 12.2. The van der Waals surface area contributed by atoms with E-state index in [0.717, 1.165) is 33.3 Å². The maximum absolute atomic E-state index is 12.1. The summed E-state index contributed by atoms with van der Waals surface area (Å²) in [5.41, 5.74) is 5.40. The van der Waals surface area contributed by atoms with E-state index in [1.165, 1.54) is 6.08 Å². The Bertz CT molecular complexity index is 1290. The van der Waals surface area contributed by atoms with E-state index in [0.29, 0.717) is 30.3 Å². The van der Waals surface area contributed by atoms with Crippen molar-refractivity contribution in [3.8, 4) is 22.5 Å². The number of carbonyl (C=O) groups excluding carboxylic acids is 1. The van der Waals surface area contributed by atoms with Crippen molar-refractivity contribution in [3.05, 3.63) is 53.7 Å². The lowest BCUT2D eigenvalue weighted by molar-refractivity contribution is -0.137. The third-order valence-electron chi connectivity index (χ3n) is 4.83. The first-order valence-electron chi connectivity index (χ1n) is 10.1. The minimum atomic E-state index is -0.428. The molecular formula is C23H23N5O3. The lowest BCUT2D eigenvalue weighted by Gasteiger charge is -2.13. The number of hydrogen-bond donors (Lipinski definition) is 0. The summed E-state index contributed by atoms with van der Waals surface area (Å²) in [7, 11) is 0. The molecule has 0 atom stereocenters. The molecule has 0 saturated heterocycles. The Morgan fingerprint density at radius 3 is 2.71 bits per heavy atom. The number of pyridine rings is 2. The van der Waals surface area contributed by atoms with Gasteiger partial charge in [-0.2, -0.15) is 5.10 Å². The standard InChI is InChI=1S/C23H23N5O3/c1-5-28-23-18(13-25-28)21(16-9-14(3)11-24-12-16)17(7-8-20(29)30-6-2)22(26-23)19-10-15(4)31-27-19/h7-13H,5-6H2,1-4H3. The van der Waals surface area contributed by atoms with Crippen molar-refractivity contribution in [2.75, 3.05) is 6.61 Å². The highest BCUT2D eigenvalue weighted by molar-refractivity contribution is 6.02. The second-order valence-corrected chi connectivity index (χ2v) is 7.11. The van der Waals surface area contributed by atoms with Crippen LogP contribution in [0.1, 0.15) is 30.7 Å². The van der Waals surface area contributed by atoms with Crippen molar-refractivity contribution in [2.24, 2.45) is 0 Å². The van der Waals surface area contributed by atoms with E-state index in [4.69, 9.17) is 14.2 Å². The fourth-order valence-electron chi connectivity index (χ4n) is 3.51. The van der Waals surface area contributed by atoms with Crippen LogP contribution in [0.5, 0.6) is 0 Å². The molecule has 0 aliphatic heterocycles. The zero-order valence-corrected chi connectivity index (χ0v) is 17.9. The van der Waals surface area contributed by atoms with E-state index >= 15 is 0 Å². The number of fused-ring (bicyclic) bond motifs is 1. The smallest absolute Gasteiger partial charge is 0.330 e. The van der Waals surface area contributed by atoms with Crippen LogP contribution >= 0.6 is 0 Å². The van der Waals surface area contributed by atoms with E-state index in [9.17, 15) is 4.79 Å². The fraction of sp³-hybridized carbons (Fsp3) is 0.261. The first-order chi connectivity index (χ1) is 15.0. The number of rotatable bonds is 6. The van der Waals surface area contributed by atoms with Crippen molar-refractivity contribution in [1.82, 2.24) is 24.9 Å². The lowest BCUT2D eigenvalue weighted by atomic mass is 9.95. The van der Waals surface area contributed by atoms with Crippen LogP contribution in [0.4, 0.5) is 0 Å². The average Bonchev–Trinajstić information content (AvgIpc) is 3.37. The van der Waals surface area contributed by atoms with Crippen LogP contribution in [0.15, 0.2) is 41.3 Å². The topological polar surface area (TPSA) is 95.9 Å². The number of ether oxygens (including phenoxy) is 1. The number of aryl methyl sites for hydroxylation is 3. The molecule has 8 heteroatoms. The van der Waals surface area contributed by atoms with Gasteiger partial charge in [0, 0.05) is 53.2 Å². The van der Waals surface area contributed by atoms with Gasteiger partial charge < -0.3 is 9.26 Å². The third kappa shape index (κ3) is 3.96. The Morgan fingerprint density at radius 1 is 1.19 bits per heavy atom. The first-order valence-corrected chi connectivity index (χ1v) is 10.1. The van der Waals surface area contributed by atoms with Crippen LogP contribution in [-0.2, 0) is 16.1 Å². The van der Waals surface area contributed by atoms with Gasteiger partial charge in [0.2, 0.25) is 0 Å². The van der Waals surface area contributed by atoms with Gasteiger partial charge in [0.25, 0.3) is 0 Å². The van der Waals surface area contributed by atoms with Gasteiger partial charge in [0.05, 0.1) is 12.8 Å². The Hall–Kier alpha value is -3.81. The molecule has 4 rings (SSSR count). The van der Waals surface area contributed by atoms with Crippen molar-refractivity contribution >= 4 is 23.1 Å². The van der Waals surface area contributed by atoms with Gasteiger partial charge in [0.1, 0.15) is 17.1 Å². The molecule has 0 amide bonds. The zero-order chi connectivity index (χ0) is 22.0. The molecule has 0 radical (unpaired) electrons. The predicted octanol–water partition coefficient (Wildman–Crippen LogP) is 4.36. The number of aromatic nitrogens is 5. The number of esters is 1. The summed E-state index contributed by atoms with van der Waals surface area (Å²) in [6.45, 7) is 8.55. The highest BCUT2D eigenvalue weighted by atomic mass is 16.5. The summed E-state index contributed by atoms with van der Waals surface area (Å²) in [6, 6.07) is 3.87. The lowest BCUT2D eigenvalue weighted by Crippen LogP contribution is -2.02. The normalized spacial score (nSPS) is 11.5. The van der Waals surface area contributed by atoms with Gasteiger partial charge >= 0.3 is 5.97 Å². The molecular weight excluding hydrogens is 394 g/mol. The molecule has 0 aliphatic carbocycles. The van der Waals surface area contributed by atoms with Crippen LogP contribution in [0, 0.1) is 13.8 Å². The molecule has 158 valence electrons.